The molecule has 0 spiro atoms. The topological polar surface area (TPSA) is 87.5 Å². The molecule has 1 fully saturated rings. The summed E-state index contributed by atoms with van der Waals surface area (Å²) in [6.45, 7) is 0.383. The fourth-order valence-electron chi connectivity index (χ4n) is 1.62. The van der Waals surface area contributed by atoms with E-state index in [-0.39, 0.29) is 25.1 Å². The summed E-state index contributed by atoms with van der Waals surface area (Å²) >= 11 is 1.44. The molecule has 1 saturated heterocycles. The van der Waals surface area contributed by atoms with Crippen LogP contribution in [0, 0.1) is 0 Å². The van der Waals surface area contributed by atoms with Gasteiger partial charge in [-0.2, -0.15) is 0 Å². The molecular weight excluding hydrogens is 256 g/mol. The van der Waals surface area contributed by atoms with Crippen LogP contribution in [0.2, 0.25) is 0 Å². The predicted molar refractivity (Wildman–Crippen MR) is 65.0 cm³/mol. The molecule has 1 aromatic heterocycles. The summed E-state index contributed by atoms with van der Waals surface area (Å²) in [6, 6.07) is -0.337. The Morgan fingerprint density at radius 2 is 2.33 bits per heavy atom. The Kier molecular flexibility index (Phi) is 3.87. The highest BCUT2D eigenvalue weighted by atomic mass is 32.2. The van der Waals surface area contributed by atoms with Crippen molar-refractivity contribution in [3.63, 3.8) is 0 Å². The molecule has 2 N–H and O–H groups in total. The molecule has 1 aromatic rings. The van der Waals surface area contributed by atoms with E-state index in [4.69, 9.17) is 5.11 Å². The molecule has 8 heteroatoms. The Hall–Kier alpha value is -1.54. The third-order valence-corrected chi connectivity index (χ3v) is 3.71. The van der Waals surface area contributed by atoms with E-state index in [1.807, 2.05) is 7.05 Å². The maximum atomic E-state index is 11.3. The monoisotopic (exact) mass is 270 g/mol. The summed E-state index contributed by atoms with van der Waals surface area (Å²) in [5, 5.41) is 12.2. The Morgan fingerprint density at radius 3 is 2.89 bits per heavy atom. The van der Waals surface area contributed by atoms with Crippen LogP contribution in [0.15, 0.2) is 11.4 Å². The number of aromatic nitrogens is 2. The molecule has 0 radical (unpaired) electrons. The largest absolute Gasteiger partial charge is 0.390 e. The van der Waals surface area contributed by atoms with Crippen LogP contribution in [0.3, 0.4) is 0 Å². The highest BCUT2D eigenvalue weighted by Crippen LogP contribution is 2.17. The molecule has 0 saturated carbocycles. The highest BCUT2D eigenvalue weighted by molar-refractivity contribution is 7.99. The Labute approximate surface area is 108 Å². The maximum absolute atomic E-state index is 11.3. The van der Waals surface area contributed by atoms with Crippen LogP contribution < -0.4 is 5.32 Å². The predicted octanol–water partition coefficient (Wildman–Crippen LogP) is -0.444. The van der Waals surface area contributed by atoms with Crippen LogP contribution >= 0.6 is 11.8 Å². The van der Waals surface area contributed by atoms with Crippen LogP contribution in [0.25, 0.3) is 0 Å². The minimum Gasteiger partial charge on any atom is -0.390 e. The van der Waals surface area contributed by atoms with Crippen LogP contribution in [0.5, 0.6) is 0 Å². The first-order valence-corrected chi connectivity index (χ1v) is 6.44. The molecule has 0 unspecified atom stereocenters. The number of nitrogens with one attached hydrogen (secondary N) is 1. The van der Waals surface area contributed by atoms with E-state index in [1.165, 1.54) is 16.7 Å². The molecular formula is C10H14N4O3S. The maximum Gasteiger partial charge on any atom is 0.324 e. The van der Waals surface area contributed by atoms with Crippen molar-refractivity contribution in [2.45, 2.75) is 11.8 Å². The number of urea groups is 1. The number of nitrogens with zero attached hydrogens (tertiary/aromatic N) is 3. The lowest BCUT2D eigenvalue weighted by Gasteiger charge is -2.11. The number of aliphatic hydroxyl groups excluding tert-OH is 1. The van der Waals surface area contributed by atoms with Gasteiger partial charge in [0, 0.05) is 19.3 Å². The molecule has 98 valence electrons. The van der Waals surface area contributed by atoms with Crippen LogP contribution in [0.1, 0.15) is 5.69 Å². The molecule has 0 bridgehead atoms. The molecule has 0 aliphatic carbocycles. The minimum absolute atomic E-state index is 0.0585. The van der Waals surface area contributed by atoms with Crippen molar-refractivity contribution >= 4 is 23.7 Å². The van der Waals surface area contributed by atoms with E-state index in [1.54, 1.807) is 10.8 Å². The summed E-state index contributed by atoms with van der Waals surface area (Å²) < 4.78 is 1.79. The molecule has 3 amide bonds. The van der Waals surface area contributed by atoms with Crippen LogP contribution in [-0.2, 0) is 18.4 Å². The Balaban J connectivity index is 1.86. The van der Waals surface area contributed by atoms with Gasteiger partial charge in [-0.05, 0) is 0 Å². The zero-order valence-corrected chi connectivity index (χ0v) is 10.7. The van der Waals surface area contributed by atoms with Crippen LogP contribution in [-0.4, -0.2) is 50.3 Å². The van der Waals surface area contributed by atoms with Gasteiger partial charge >= 0.3 is 6.03 Å². The van der Waals surface area contributed by atoms with Crippen molar-refractivity contribution in [3.8, 4) is 0 Å². The van der Waals surface area contributed by atoms with Crippen molar-refractivity contribution in [1.82, 2.24) is 19.8 Å². The molecule has 2 rings (SSSR count). The second kappa shape index (κ2) is 5.40. The number of hydrogen-bond donors (Lipinski definition) is 2. The number of aliphatic hydroxyl groups is 1. The van der Waals surface area contributed by atoms with Gasteiger partial charge in [0.25, 0.3) is 0 Å². The van der Waals surface area contributed by atoms with E-state index < -0.39 is 0 Å². The summed E-state index contributed by atoms with van der Waals surface area (Å²) in [5.41, 5.74) is 0.729. The molecule has 1 aliphatic rings. The molecule has 0 aromatic carbocycles. The number of rotatable bonds is 5. The third-order valence-electron chi connectivity index (χ3n) is 2.69. The van der Waals surface area contributed by atoms with Crippen molar-refractivity contribution in [2.75, 3.05) is 18.8 Å². The molecule has 2 heterocycles. The lowest BCUT2D eigenvalue weighted by molar-refractivity contribution is -0.124. The number of carbonyl (C=O) groups is 2. The van der Waals surface area contributed by atoms with Crippen molar-refractivity contribution in [1.29, 1.82) is 0 Å². The number of thioether (sulfide) groups is 1. The van der Waals surface area contributed by atoms with Gasteiger partial charge in [0.2, 0.25) is 5.91 Å². The zero-order valence-electron chi connectivity index (χ0n) is 9.92. The first-order valence-electron chi connectivity index (χ1n) is 5.46. The summed E-state index contributed by atoms with van der Waals surface area (Å²) in [7, 11) is 1.81. The normalized spacial score (nSPS) is 15.3. The number of hydrogen-bond acceptors (Lipinski definition) is 5. The quantitative estimate of drug-likeness (QED) is 0.559. The average Bonchev–Trinajstić information content (AvgIpc) is 2.86. The highest BCUT2D eigenvalue weighted by Gasteiger charge is 2.27. The number of imidazole rings is 1. The van der Waals surface area contributed by atoms with Gasteiger partial charge in [0.05, 0.1) is 25.0 Å². The van der Waals surface area contributed by atoms with Crippen molar-refractivity contribution in [2.24, 2.45) is 7.05 Å². The first-order chi connectivity index (χ1) is 8.63. The van der Waals surface area contributed by atoms with E-state index in [2.05, 4.69) is 10.3 Å². The second-order valence-corrected chi connectivity index (χ2v) is 4.86. The Morgan fingerprint density at radius 1 is 1.56 bits per heavy atom. The van der Waals surface area contributed by atoms with E-state index >= 15 is 0 Å². The lowest BCUT2D eigenvalue weighted by atomic mass is 10.5. The van der Waals surface area contributed by atoms with Gasteiger partial charge in [-0.25, -0.2) is 9.78 Å². The van der Waals surface area contributed by atoms with E-state index in [0.717, 1.165) is 10.9 Å². The van der Waals surface area contributed by atoms with Gasteiger partial charge < -0.3 is 15.0 Å². The smallest absolute Gasteiger partial charge is 0.324 e. The molecule has 7 nitrogen and oxygen atoms in total. The number of carbonyl (C=O) groups excluding carboxylic acids is 2. The van der Waals surface area contributed by atoms with Crippen LogP contribution in [0.4, 0.5) is 4.79 Å². The van der Waals surface area contributed by atoms with E-state index in [9.17, 15) is 9.59 Å². The van der Waals surface area contributed by atoms with E-state index in [0.29, 0.717) is 12.3 Å². The average molecular weight is 270 g/mol. The minimum atomic E-state index is -0.337. The Bertz CT molecular complexity index is 458. The zero-order chi connectivity index (χ0) is 13.1. The van der Waals surface area contributed by atoms with Gasteiger partial charge in [-0.1, -0.05) is 11.8 Å². The van der Waals surface area contributed by atoms with Crippen molar-refractivity contribution in [3.05, 3.63) is 11.9 Å². The van der Waals surface area contributed by atoms with Gasteiger partial charge in [0.15, 0.2) is 5.16 Å². The fraction of sp³-hybridized carbons (Fsp3) is 0.500. The van der Waals surface area contributed by atoms with Gasteiger partial charge in [-0.3, -0.25) is 9.69 Å². The lowest BCUT2D eigenvalue weighted by Crippen LogP contribution is -2.32. The third kappa shape index (κ3) is 2.49. The van der Waals surface area contributed by atoms with Gasteiger partial charge in [-0.15, -0.1) is 0 Å². The summed E-state index contributed by atoms with van der Waals surface area (Å²) in [4.78, 5) is 27.9. The second-order valence-electron chi connectivity index (χ2n) is 3.80. The summed E-state index contributed by atoms with van der Waals surface area (Å²) in [5.74, 6) is 0.381. The van der Waals surface area contributed by atoms with Crippen molar-refractivity contribution < 1.29 is 14.7 Å². The SMILES string of the molecule is Cn1c(CO)cnc1SCCN1C(=O)CNC1=O. The fourth-order valence-corrected chi connectivity index (χ4v) is 2.51. The summed E-state index contributed by atoms with van der Waals surface area (Å²) in [6.07, 6.45) is 1.61. The molecule has 18 heavy (non-hydrogen) atoms. The standard InChI is InChI=1S/C10H14N4O3S/c1-13-7(6-15)4-12-10(13)18-3-2-14-8(16)5-11-9(14)17/h4,15H,2-3,5-6H2,1H3,(H,11,17). The first kappa shape index (κ1) is 12.9. The molecule has 1 aliphatic heterocycles. The number of imide groups is 1. The number of amides is 3. The molecule has 0 atom stereocenters. The van der Waals surface area contributed by atoms with Gasteiger partial charge in [0.1, 0.15) is 0 Å².